The van der Waals surface area contributed by atoms with Gasteiger partial charge < -0.3 is 19.1 Å². The van der Waals surface area contributed by atoms with Gasteiger partial charge in [-0.05, 0) is 67.4 Å². The maximum absolute atomic E-state index is 13.5. The van der Waals surface area contributed by atoms with Crippen LogP contribution >= 0.6 is 23.2 Å². The second kappa shape index (κ2) is 12.2. The maximum Gasteiger partial charge on any atom is 0.339 e. The Labute approximate surface area is 231 Å². The lowest BCUT2D eigenvalue weighted by Crippen LogP contribution is -2.37. The van der Waals surface area contributed by atoms with Crippen LogP contribution in [0.25, 0.3) is 0 Å². The van der Waals surface area contributed by atoms with Gasteiger partial charge in [0.05, 0.1) is 16.7 Å². The third-order valence-corrected chi connectivity index (χ3v) is 7.70. The Bertz CT molecular complexity index is 1420. The summed E-state index contributed by atoms with van der Waals surface area (Å²) in [7, 11) is -4.24. The number of nitrogens with zero attached hydrogens (tertiary/aromatic N) is 1. The minimum Gasteiger partial charge on any atom is -0.379 e. The van der Waals surface area contributed by atoms with E-state index >= 15 is 0 Å². The molecule has 1 N–H and O–H groups in total. The summed E-state index contributed by atoms with van der Waals surface area (Å²) in [5.74, 6) is -0.570. The van der Waals surface area contributed by atoms with E-state index in [0.717, 1.165) is 12.8 Å². The molecule has 2 amide bonds. The summed E-state index contributed by atoms with van der Waals surface area (Å²) in [6.45, 7) is 2.27. The van der Waals surface area contributed by atoms with E-state index in [9.17, 15) is 18.0 Å². The lowest BCUT2D eigenvalue weighted by atomic mass is 10.1. The van der Waals surface area contributed by atoms with Crippen LogP contribution in [-0.2, 0) is 26.2 Å². The van der Waals surface area contributed by atoms with Gasteiger partial charge in [0.1, 0.15) is 10.6 Å². The van der Waals surface area contributed by atoms with Crippen molar-refractivity contribution in [3.63, 3.8) is 0 Å². The number of ether oxygens (including phenoxy) is 1. The first kappa shape index (κ1) is 27.9. The molecule has 0 aliphatic carbocycles. The zero-order valence-corrected chi connectivity index (χ0v) is 22.9. The monoisotopic (exact) mass is 576 g/mol. The number of halogens is 2. The Balaban J connectivity index is 1.62. The van der Waals surface area contributed by atoms with Crippen molar-refractivity contribution in [1.29, 1.82) is 0 Å². The van der Waals surface area contributed by atoms with Gasteiger partial charge in [0.2, 0.25) is 5.91 Å². The van der Waals surface area contributed by atoms with E-state index in [2.05, 4.69) is 5.32 Å². The molecule has 4 rings (SSSR count). The normalized spacial score (nSPS) is 15.2. The molecular formula is C27H26Cl2N2O6S. The van der Waals surface area contributed by atoms with Crippen molar-refractivity contribution >= 4 is 50.8 Å². The quantitative estimate of drug-likeness (QED) is 0.335. The van der Waals surface area contributed by atoms with Crippen LogP contribution < -0.4 is 9.50 Å². The summed E-state index contributed by atoms with van der Waals surface area (Å²) in [6, 6.07) is 16.9. The van der Waals surface area contributed by atoms with Gasteiger partial charge in [-0.2, -0.15) is 8.42 Å². The summed E-state index contributed by atoms with van der Waals surface area (Å²) in [4.78, 5) is 26.2. The highest BCUT2D eigenvalue weighted by molar-refractivity contribution is 7.87. The van der Waals surface area contributed by atoms with Crippen LogP contribution in [0.4, 0.5) is 5.69 Å². The highest BCUT2D eigenvalue weighted by atomic mass is 35.5. The Morgan fingerprint density at radius 1 is 1.08 bits per heavy atom. The lowest BCUT2D eigenvalue weighted by Gasteiger charge is -2.27. The van der Waals surface area contributed by atoms with Gasteiger partial charge in [-0.3, -0.25) is 9.59 Å². The summed E-state index contributed by atoms with van der Waals surface area (Å²) in [5, 5.41) is 3.24. The zero-order valence-electron chi connectivity index (χ0n) is 20.5. The average molecular weight is 577 g/mol. The molecule has 3 aromatic carbocycles. The molecule has 8 nitrogen and oxygen atoms in total. The van der Waals surface area contributed by atoms with E-state index in [0.29, 0.717) is 33.5 Å². The standard InChI is InChI=1S/C27H26Cl2N2O6S/c1-18(32)30-21-9-11-23(12-10-21)38(34,35)37-26-13-8-20(28)15-19(26)16-31(17-22-5-4-14-36-22)27(33)24-6-2-3-7-25(24)29/h2-3,6-13,15,22H,4-5,14,16-17H2,1H3,(H,30,32)/t22-/m1/s1. The third-order valence-electron chi connectivity index (χ3n) is 5.89. The summed E-state index contributed by atoms with van der Waals surface area (Å²) in [6.07, 6.45) is 1.54. The second-order valence-electron chi connectivity index (χ2n) is 8.80. The molecular weight excluding hydrogens is 551 g/mol. The SMILES string of the molecule is CC(=O)Nc1ccc(S(=O)(=O)Oc2ccc(Cl)cc2CN(C[C@H]2CCCO2)C(=O)c2ccccc2Cl)cc1. The molecule has 0 spiro atoms. The van der Waals surface area contributed by atoms with Crippen molar-refractivity contribution in [3.8, 4) is 5.75 Å². The van der Waals surface area contributed by atoms with Crippen LogP contribution in [0.15, 0.2) is 71.6 Å². The van der Waals surface area contributed by atoms with Crippen molar-refractivity contribution in [1.82, 2.24) is 4.90 Å². The Kier molecular flexibility index (Phi) is 8.94. The maximum atomic E-state index is 13.5. The first-order valence-electron chi connectivity index (χ1n) is 11.9. The number of amides is 2. The number of rotatable bonds is 9. The van der Waals surface area contributed by atoms with Gasteiger partial charge in [0, 0.05) is 42.9 Å². The molecule has 1 fully saturated rings. The Hall–Kier alpha value is -3.11. The predicted octanol–water partition coefficient (Wildman–Crippen LogP) is 5.54. The molecule has 0 aromatic heterocycles. The van der Waals surface area contributed by atoms with Gasteiger partial charge in [-0.15, -0.1) is 0 Å². The van der Waals surface area contributed by atoms with Crippen LogP contribution in [0.1, 0.15) is 35.7 Å². The molecule has 0 saturated carbocycles. The molecule has 0 radical (unpaired) electrons. The number of nitrogens with one attached hydrogen (secondary N) is 1. The molecule has 1 aliphatic heterocycles. The number of carbonyl (C=O) groups excluding carboxylic acids is 2. The molecule has 0 bridgehead atoms. The second-order valence-corrected chi connectivity index (χ2v) is 11.2. The van der Waals surface area contributed by atoms with Crippen LogP contribution in [0.2, 0.25) is 10.0 Å². The fourth-order valence-electron chi connectivity index (χ4n) is 4.09. The molecule has 1 heterocycles. The van der Waals surface area contributed by atoms with Gasteiger partial charge in [0.25, 0.3) is 5.91 Å². The first-order chi connectivity index (χ1) is 18.1. The van der Waals surface area contributed by atoms with E-state index in [1.165, 1.54) is 43.3 Å². The van der Waals surface area contributed by atoms with Crippen molar-refractivity contribution in [2.45, 2.75) is 37.3 Å². The van der Waals surface area contributed by atoms with E-state index in [1.54, 1.807) is 35.2 Å². The van der Waals surface area contributed by atoms with Gasteiger partial charge in [-0.1, -0.05) is 35.3 Å². The average Bonchev–Trinajstić information content (AvgIpc) is 3.38. The van der Waals surface area contributed by atoms with Crippen LogP contribution in [0, 0.1) is 0 Å². The van der Waals surface area contributed by atoms with Crippen LogP contribution in [0.3, 0.4) is 0 Å². The van der Waals surface area contributed by atoms with Crippen molar-refractivity contribution in [3.05, 3.63) is 87.9 Å². The van der Waals surface area contributed by atoms with Crippen molar-refractivity contribution < 1.29 is 26.9 Å². The van der Waals surface area contributed by atoms with Gasteiger partial charge >= 0.3 is 10.1 Å². The molecule has 0 unspecified atom stereocenters. The lowest BCUT2D eigenvalue weighted by molar-refractivity contribution is -0.114. The number of benzene rings is 3. The Morgan fingerprint density at radius 3 is 2.47 bits per heavy atom. The van der Waals surface area contributed by atoms with Crippen molar-refractivity contribution in [2.24, 2.45) is 0 Å². The number of hydrogen-bond acceptors (Lipinski definition) is 6. The summed E-state index contributed by atoms with van der Waals surface area (Å²) >= 11 is 12.6. The van der Waals surface area contributed by atoms with Gasteiger partial charge in [-0.25, -0.2) is 0 Å². The molecule has 1 aliphatic rings. The Morgan fingerprint density at radius 2 is 1.82 bits per heavy atom. The van der Waals surface area contributed by atoms with E-state index in [1.807, 2.05) is 0 Å². The zero-order chi connectivity index (χ0) is 27.3. The molecule has 38 heavy (non-hydrogen) atoms. The number of carbonyl (C=O) groups is 2. The molecule has 11 heteroatoms. The minimum atomic E-state index is -4.24. The highest BCUT2D eigenvalue weighted by Crippen LogP contribution is 2.30. The fourth-order valence-corrected chi connectivity index (χ4v) is 5.47. The predicted molar refractivity (Wildman–Crippen MR) is 145 cm³/mol. The third kappa shape index (κ3) is 7.05. The minimum absolute atomic E-state index is 0.0107. The van der Waals surface area contributed by atoms with E-state index in [-0.39, 0.29) is 41.7 Å². The van der Waals surface area contributed by atoms with E-state index in [4.69, 9.17) is 32.1 Å². The topological polar surface area (TPSA) is 102 Å². The first-order valence-corrected chi connectivity index (χ1v) is 14.0. The van der Waals surface area contributed by atoms with Gasteiger partial charge in [0.15, 0.2) is 0 Å². The summed E-state index contributed by atoms with van der Waals surface area (Å²) in [5.41, 5.74) is 1.17. The molecule has 3 aromatic rings. The molecule has 200 valence electrons. The summed E-state index contributed by atoms with van der Waals surface area (Å²) < 4.78 is 37.4. The largest absolute Gasteiger partial charge is 0.379 e. The highest BCUT2D eigenvalue weighted by Gasteiger charge is 2.27. The van der Waals surface area contributed by atoms with Crippen LogP contribution in [0.5, 0.6) is 5.75 Å². The van der Waals surface area contributed by atoms with E-state index < -0.39 is 10.1 Å². The fraction of sp³-hybridized carbons (Fsp3) is 0.259. The van der Waals surface area contributed by atoms with Crippen LogP contribution in [-0.4, -0.2) is 44.4 Å². The molecule has 1 saturated heterocycles. The smallest absolute Gasteiger partial charge is 0.339 e. The number of anilines is 1. The van der Waals surface area contributed by atoms with Crippen molar-refractivity contribution in [2.75, 3.05) is 18.5 Å². The molecule has 1 atom stereocenters. The number of hydrogen-bond donors (Lipinski definition) is 1.